The van der Waals surface area contributed by atoms with Crippen LogP contribution in [0.5, 0.6) is 0 Å². The number of thioether (sulfide) groups is 1. The van der Waals surface area contributed by atoms with E-state index in [1.807, 2.05) is 0 Å². The van der Waals surface area contributed by atoms with Crippen LogP contribution >= 0.6 is 11.8 Å². The first-order valence-electron chi connectivity index (χ1n) is 3.46. The second-order valence-corrected chi connectivity index (χ2v) is 3.47. The zero-order valence-corrected chi connectivity index (χ0v) is 6.92. The van der Waals surface area contributed by atoms with Crippen molar-refractivity contribution in [3.8, 4) is 0 Å². The predicted octanol–water partition coefficient (Wildman–Crippen LogP) is 2.93. The van der Waals surface area contributed by atoms with Crippen molar-refractivity contribution in [3.63, 3.8) is 0 Å². The third-order valence-electron chi connectivity index (χ3n) is 1.31. The number of hydrogen-bond donors (Lipinski definition) is 0. The van der Waals surface area contributed by atoms with Crippen molar-refractivity contribution in [2.45, 2.75) is 38.9 Å². The molecular formula is C7H16S. The van der Waals surface area contributed by atoms with Gasteiger partial charge in [0.05, 0.1) is 0 Å². The van der Waals surface area contributed by atoms with E-state index < -0.39 is 0 Å². The lowest BCUT2D eigenvalue weighted by Crippen LogP contribution is -1.97. The molecule has 0 aliphatic heterocycles. The van der Waals surface area contributed by atoms with Gasteiger partial charge in [-0.15, -0.1) is 0 Å². The Balaban J connectivity index is 3.07. The standard InChI is InChI=1S/C7H16S/c1-4-7(5-2)8-6-3/h7H,4-6H2,1-3H3. The lowest BCUT2D eigenvalue weighted by atomic mass is 10.3. The molecule has 0 saturated heterocycles. The van der Waals surface area contributed by atoms with E-state index in [-0.39, 0.29) is 0 Å². The third-order valence-corrected chi connectivity index (χ3v) is 2.78. The maximum Gasteiger partial charge on any atom is 0.00417 e. The summed E-state index contributed by atoms with van der Waals surface area (Å²) >= 11 is 2.08. The Hall–Kier alpha value is 0.350. The second kappa shape index (κ2) is 5.49. The summed E-state index contributed by atoms with van der Waals surface area (Å²) in [6, 6.07) is 0. The first-order chi connectivity index (χ1) is 3.85. The van der Waals surface area contributed by atoms with Crippen molar-refractivity contribution >= 4 is 11.8 Å². The molecule has 50 valence electrons. The highest BCUT2D eigenvalue weighted by Gasteiger charge is 1.99. The van der Waals surface area contributed by atoms with E-state index in [1.54, 1.807) is 0 Å². The van der Waals surface area contributed by atoms with Crippen LogP contribution < -0.4 is 0 Å². The molecule has 0 amide bonds. The fourth-order valence-electron chi connectivity index (χ4n) is 0.760. The Kier molecular flexibility index (Phi) is 5.73. The molecule has 0 aromatic heterocycles. The number of hydrogen-bond acceptors (Lipinski definition) is 1. The molecule has 0 radical (unpaired) electrons. The molecule has 0 nitrogen and oxygen atoms in total. The van der Waals surface area contributed by atoms with Crippen LogP contribution in [0.15, 0.2) is 0 Å². The van der Waals surface area contributed by atoms with E-state index in [0.717, 1.165) is 5.25 Å². The highest BCUT2D eigenvalue weighted by atomic mass is 32.2. The van der Waals surface area contributed by atoms with Gasteiger partial charge in [-0.05, 0) is 18.6 Å². The van der Waals surface area contributed by atoms with Crippen LogP contribution in [0.25, 0.3) is 0 Å². The molecule has 0 atom stereocenters. The monoisotopic (exact) mass is 132 g/mol. The van der Waals surface area contributed by atoms with Gasteiger partial charge in [-0.1, -0.05) is 20.8 Å². The van der Waals surface area contributed by atoms with Gasteiger partial charge < -0.3 is 0 Å². The van der Waals surface area contributed by atoms with Crippen molar-refractivity contribution in [1.82, 2.24) is 0 Å². The first kappa shape index (κ1) is 8.35. The minimum atomic E-state index is 0.917. The Bertz CT molecular complexity index is 39.7. The quantitative estimate of drug-likeness (QED) is 0.566. The lowest BCUT2D eigenvalue weighted by molar-refractivity contribution is 0.793. The fraction of sp³-hybridized carbons (Fsp3) is 1.00. The molecule has 0 aromatic rings. The van der Waals surface area contributed by atoms with E-state index in [4.69, 9.17) is 0 Å². The van der Waals surface area contributed by atoms with Crippen LogP contribution in [0, 0.1) is 0 Å². The molecule has 0 fully saturated rings. The molecule has 0 unspecified atom stereocenters. The van der Waals surface area contributed by atoms with Gasteiger partial charge >= 0.3 is 0 Å². The zero-order valence-electron chi connectivity index (χ0n) is 6.11. The molecule has 8 heavy (non-hydrogen) atoms. The van der Waals surface area contributed by atoms with Gasteiger partial charge in [-0.25, -0.2) is 0 Å². The highest BCUT2D eigenvalue weighted by molar-refractivity contribution is 7.99. The maximum absolute atomic E-state index is 2.26. The van der Waals surface area contributed by atoms with Crippen molar-refractivity contribution in [2.24, 2.45) is 0 Å². The van der Waals surface area contributed by atoms with Crippen LogP contribution in [0.3, 0.4) is 0 Å². The van der Waals surface area contributed by atoms with Gasteiger partial charge in [0.1, 0.15) is 0 Å². The molecule has 0 spiro atoms. The minimum absolute atomic E-state index is 0.917. The summed E-state index contributed by atoms with van der Waals surface area (Å²) in [4.78, 5) is 0. The lowest BCUT2D eigenvalue weighted by Gasteiger charge is -2.08. The summed E-state index contributed by atoms with van der Waals surface area (Å²) in [5.74, 6) is 1.27. The van der Waals surface area contributed by atoms with Crippen LogP contribution in [0.4, 0.5) is 0 Å². The SMILES string of the molecule is CCSC(CC)CC. The van der Waals surface area contributed by atoms with Crippen LogP contribution in [0.2, 0.25) is 0 Å². The Morgan fingerprint density at radius 1 is 1.12 bits per heavy atom. The summed E-state index contributed by atoms with van der Waals surface area (Å²) in [5, 5.41) is 0.917. The molecule has 0 saturated carbocycles. The molecular weight excluding hydrogens is 116 g/mol. The Morgan fingerprint density at radius 2 is 1.62 bits per heavy atom. The topological polar surface area (TPSA) is 0 Å². The van der Waals surface area contributed by atoms with E-state index >= 15 is 0 Å². The van der Waals surface area contributed by atoms with Gasteiger partial charge in [-0.3, -0.25) is 0 Å². The average molecular weight is 132 g/mol. The molecule has 0 aliphatic rings. The van der Waals surface area contributed by atoms with Crippen molar-refractivity contribution in [1.29, 1.82) is 0 Å². The molecule has 0 N–H and O–H groups in total. The van der Waals surface area contributed by atoms with Crippen molar-refractivity contribution in [2.75, 3.05) is 5.75 Å². The van der Waals surface area contributed by atoms with Crippen molar-refractivity contribution in [3.05, 3.63) is 0 Å². The normalized spacial score (nSPS) is 10.5. The Labute approximate surface area is 57.1 Å². The zero-order chi connectivity index (χ0) is 6.41. The van der Waals surface area contributed by atoms with Gasteiger partial charge in [0.15, 0.2) is 0 Å². The number of rotatable bonds is 4. The third kappa shape index (κ3) is 3.36. The maximum atomic E-state index is 2.26. The Morgan fingerprint density at radius 3 is 1.75 bits per heavy atom. The average Bonchev–Trinajstić information content (AvgIpc) is 1.83. The molecule has 0 heterocycles. The van der Waals surface area contributed by atoms with Gasteiger partial charge in [-0.2, -0.15) is 11.8 Å². The summed E-state index contributed by atoms with van der Waals surface area (Å²) in [6.45, 7) is 6.75. The first-order valence-corrected chi connectivity index (χ1v) is 4.51. The van der Waals surface area contributed by atoms with Crippen molar-refractivity contribution < 1.29 is 0 Å². The van der Waals surface area contributed by atoms with Gasteiger partial charge in [0.2, 0.25) is 0 Å². The van der Waals surface area contributed by atoms with E-state index in [0.29, 0.717) is 0 Å². The summed E-state index contributed by atoms with van der Waals surface area (Å²) in [6.07, 6.45) is 2.66. The van der Waals surface area contributed by atoms with E-state index in [9.17, 15) is 0 Å². The fourth-order valence-corrected chi connectivity index (χ4v) is 1.70. The summed E-state index contributed by atoms with van der Waals surface area (Å²) in [5.41, 5.74) is 0. The summed E-state index contributed by atoms with van der Waals surface area (Å²) < 4.78 is 0. The molecule has 0 rings (SSSR count). The van der Waals surface area contributed by atoms with E-state index in [2.05, 4.69) is 32.5 Å². The van der Waals surface area contributed by atoms with Gasteiger partial charge in [0, 0.05) is 5.25 Å². The molecule has 0 aromatic carbocycles. The molecule has 1 heteroatoms. The van der Waals surface area contributed by atoms with Crippen LogP contribution in [-0.2, 0) is 0 Å². The molecule has 0 aliphatic carbocycles. The smallest absolute Gasteiger partial charge is 0.00417 e. The second-order valence-electron chi connectivity index (χ2n) is 1.89. The predicted molar refractivity (Wildman–Crippen MR) is 42.5 cm³/mol. The van der Waals surface area contributed by atoms with Crippen LogP contribution in [-0.4, -0.2) is 11.0 Å². The minimum Gasteiger partial charge on any atom is -0.159 e. The van der Waals surface area contributed by atoms with Crippen LogP contribution in [0.1, 0.15) is 33.6 Å². The molecule has 0 bridgehead atoms. The largest absolute Gasteiger partial charge is 0.159 e. The van der Waals surface area contributed by atoms with E-state index in [1.165, 1.54) is 18.6 Å². The van der Waals surface area contributed by atoms with Gasteiger partial charge in [0.25, 0.3) is 0 Å². The highest BCUT2D eigenvalue weighted by Crippen LogP contribution is 2.16. The summed E-state index contributed by atoms with van der Waals surface area (Å²) in [7, 11) is 0.